The average Bonchev–Trinajstić information content (AvgIpc) is 2.79. The summed E-state index contributed by atoms with van der Waals surface area (Å²) in [6, 6.07) is 24.7. The zero-order valence-corrected chi connectivity index (χ0v) is 18.0. The molecule has 3 atom stereocenters. The highest BCUT2D eigenvalue weighted by Gasteiger charge is 2.42. The third-order valence-electron chi connectivity index (χ3n) is 6.90. The smallest absolute Gasteiger partial charge is 0.161 e. The van der Waals surface area contributed by atoms with Crippen LogP contribution in [0.25, 0.3) is 0 Å². The van der Waals surface area contributed by atoms with E-state index < -0.39 is 0 Å². The normalized spacial score (nSPS) is 22.6. The molecule has 154 valence electrons. The van der Waals surface area contributed by atoms with Crippen LogP contribution in [0.1, 0.15) is 53.0 Å². The molecule has 0 amide bonds. The number of methoxy groups -OCH3 is 2. The highest BCUT2D eigenvalue weighted by atomic mass is 16.5. The summed E-state index contributed by atoms with van der Waals surface area (Å²) >= 11 is 0. The molecule has 0 spiro atoms. The monoisotopic (exact) mass is 399 g/mol. The molecule has 0 saturated carbocycles. The highest BCUT2D eigenvalue weighted by Crippen LogP contribution is 2.50. The molecule has 0 saturated heterocycles. The molecule has 3 aromatic rings. The van der Waals surface area contributed by atoms with E-state index in [1.54, 1.807) is 14.2 Å². The van der Waals surface area contributed by atoms with Crippen molar-refractivity contribution in [2.45, 2.75) is 44.3 Å². The van der Waals surface area contributed by atoms with E-state index in [1.807, 2.05) is 0 Å². The van der Waals surface area contributed by atoms with E-state index in [-0.39, 0.29) is 0 Å². The van der Waals surface area contributed by atoms with Gasteiger partial charge in [-0.05, 0) is 52.3 Å². The van der Waals surface area contributed by atoms with E-state index in [2.05, 4.69) is 78.6 Å². The van der Waals surface area contributed by atoms with Crippen LogP contribution < -0.4 is 9.47 Å². The number of fused-ring (bicyclic) bond motifs is 5. The second-order valence-electron chi connectivity index (χ2n) is 8.61. The van der Waals surface area contributed by atoms with Crippen molar-refractivity contribution in [1.29, 1.82) is 0 Å². The van der Waals surface area contributed by atoms with E-state index in [4.69, 9.17) is 9.47 Å². The van der Waals surface area contributed by atoms with Gasteiger partial charge >= 0.3 is 0 Å². The molecule has 30 heavy (non-hydrogen) atoms. The van der Waals surface area contributed by atoms with Crippen LogP contribution in [-0.4, -0.2) is 25.2 Å². The van der Waals surface area contributed by atoms with Crippen molar-refractivity contribution in [2.75, 3.05) is 14.2 Å². The number of ether oxygens (including phenoxy) is 2. The lowest BCUT2D eigenvalue weighted by molar-refractivity contribution is 0.125. The molecule has 1 aliphatic heterocycles. The molecule has 3 aromatic carbocycles. The van der Waals surface area contributed by atoms with E-state index in [0.717, 1.165) is 31.0 Å². The Balaban J connectivity index is 1.64. The predicted molar refractivity (Wildman–Crippen MR) is 120 cm³/mol. The van der Waals surface area contributed by atoms with E-state index in [1.165, 1.54) is 27.8 Å². The van der Waals surface area contributed by atoms with Gasteiger partial charge in [0.1, 0.15) is 0 Å². The fourth-order valence-corrected chi connectivity index (χ4v) is 5.48. The van der Waals surface area contributed by atoms with Gasteiger partial charge in [0.25, 0.3) is 0 Å². The summed E-state index contributed by atoms with van der Waals surface area (Å²) in [7, 11) is 3.45. The molecular weight excluding hydrogens is 370 g/mol. The number of hydrogen-bond donors (Lipinski definition) is 0. The average molecular weight is 400 g/mol. The first-order valence-electron chi connectivity index (χ1n) is 10.8. The van der Waals surface area contributed by atoms with Gasteiger partial charge in [0.15, 0.2) is 11.5 Å². The zero-order valence-electron chi connectivity index (χ0n) is 18.0. The molecule has 2 aliphatic rings. The molecule has 0 unspecified atom stereocenters. The SMILES string of the molecule is COc1cc2c(cc1OC)[C@H](C)C[C@@H]1[C@@H]2c2ccccc2CN1Cc1ccccc1. The lowest BCUT2D eigenvalue weighted by atomic mass is 9.68. The Kier molecular flexibility index (Phi) is 5.00. The van der Waals surface area contributed by atoms with Gasteiger partial charge in [0.2, 0.25) is 0 Å². The topological polar surface area (TPSA) is 21.7 Å². The van der Waals surface area contributed by atoms with Crippen molar-refractivity contribution >= 4 is 0 Å². The van der Waals surface area contributed by atoms with Crippen LogP contribution in [0.15, 0.2) is 66.7 Å². The second-order valence-corrected chi connectivity index (χ2v) is 8.61. The molecule has 3 nitrogen and oxygen atoms in total. The van der Waals surface area contributed by atoms with Gasteiger partial charge in [0, 0.05) is 25.0 Å². The summed E-state index contributed by atoms with van der Waals surface area (Å²) in [6.07, 6.45) is 1.15. The molecule has 5 rings (SSSR count). The molecule has 0 aromatic heterocycles. The van der Waals surface area contributed by atoms with Crippen molar-refractivity contribution in [3.63, 3.8) is 0 Å². The first-order chi connectivity index (χ1) is 14.7. The number of rotatable bonds is 4. The van der Waals surface area contributed by atoms with Gasteiger partial charge in [-0.3, -0.25) is 4.90 Å². The minimum absolute atomic E-state index is 0.352. The first kappa shape index (κ1) is 19.2. The molecule has 0 fully saturated rings. The molecule has 0 radical (unpaired) electrons. The van der Waals surface area contributed by atoms with E-state index in [0.29, 0.717) is 17.9 Å². The van der Waals surface area contributed by atoms with Crippen LogP contribution >= 0.6 is 0 Å². The van der Waals surface area contributed by atoms with Crippen LogP contribution in [0.5, 0.6) is 11.5 Å². The zero-order chi connectivity index (χ0) is 20.7. The fraction of sp³-hybridized carbons (Fsp3) is 0.333. The van der Waals surface area contributed by atoms with Crippen LogP contribution in [0.4, 0.5) is 0 Å². The maximum Gasteiger partial charge on any atom is 0.161 e. The first-order valence-corrected chi connectivity index (χ1v) is 10.8. The van der Waals surface area contributed by atoms with Gasteiger partial charge < -0.3 is 9.47 Å². The molecule has 1 heterocycles. The lowest BCUT2D eigenvalue weighted by Crippen LogP contribution is -2.46. The van der Waals surface area contributed by atoms with Gasteiger partial charge in [-0.1, -0.05) is 61.5 Å². The Morgan fingerprint density at radius 3 is 2.23 bits per heavy atom. The molecule has 0 bridgehead atoms. The summed E-state index contributed by atoms with van der Waals surface area (Å²) in [4.78, 5) is 2.68. The predicted octanol–water partition coefficient (Wildman–Crippen LogP) is 5.73. The van der Waals surface area contributed by atoms with Crippen LogP contribution in [-0.2, 0) is 13.1 Å². The van der Waals surface area contributed by atoms with Crippen molar-refractivity contribution in [3.8, 4) is 11.5 Å². The third-order valence-corrected chi connectivity index (χ3v) is 6.90. The molecule has 3 heteroatoms. The number of benzene rings is 3. The summed E-state index contributed by atoms with van der Waals surface area (Å²) < 4.78 is 11.3. The Hall–Kier alpha value is -2.78. The number of nitrogens with zero attached hydrogens (tertiary/aromatic N) is 1. The van der Waals surface area contributed by atoms with Crippen molar-refractivity contribution < 1.29 is 9.47 Å². The summed E-state index contributed by atoms with van der Waals surface area (Å²) in [5, 5.41) is 0. The fourth-order valence-electron chi connectivity index (χ4n) is 5.48. The Labute approximate surface area is 179 Å². The van der Waals surface area contributed by atoms with Crippen molar-refractivity contribution in [3.05, 3.63) is 94.5 Å². The number of hydrogen-bond acceptors (Lipinski definition) is 3. The van der Waals surface area contributed by atoms with Crippen molar-refractivity contribution in [1.82, 2.24) is 4.90 Å². The molecular formula is C27H29NO2. The van der Waals surface area contributed by atoms with Crippen molar-refractivity contribution in [2.24, 2.45) is 0 Å². The largest absolute Gasteiger partial charge is 0.493 e. The Morgan fingerprint density at radius 2 is 1.50 bits per heavy atom. The van der Waals surface area contributed by atoms with Crippen LogP contribution in [0.3, 0.4) is 0 Å². The van der Waals surface area contributed by atoms with Crippen LogP contribution in [0.2, 0.25) is 0 Å². The Bertz CT molecular complexity index is 1050. The highest BCUT2D eigenvalue weighted by molar-refractivity contribution is 5.55. The standard InChI is InChI=1S/C27H29NO2/c1-18-13-24-27(23-15-26(30-3)25(29-2)14-22(18)23)21-12-8-7-11-20(21)17-28(24)16-19-9-5-4-6-10-19/h4-12,14-15,18,24,27H,13,16-17H2,1-3H3/t18-,24-,27-/m1/s1. The molecule has 1 aliphatic carbocycles. The van der Waals surface area contributed by atoms with E-state index in [9.17, 15) is 0 Å². The van der Waals surface area contributed by atoms with Crippen LogP contribution in [0, 0.1) is 0 Å². The summed E-state index contributed by atoms with van der Waals surface area (Å²) in [5.74, 6) is 2.47. The Morgan fingerprint density at radius 1 is 0.833 bits per heavy atom. The minimum atomic E-state index is 0.352. The maximum atomic E-state index is 5.69. The van der Waals surface area contributed by atoms with E-state index >= 15 is 0 Å². The van der Waals surface area contributed by atoms with Gasteiger partial charge in [0.05, 0.1) is 14.2 Å². The summed E-state index contributed by atoms with van der Waals surface area (Å²) in [5.41, 5.74) is 7.06. The summed E-state index contributed by atoms with van der Waals surface area (Å²) in [6.45, 7) is 4.33. The third kappa shape index (κ3) is 3.18. The van der Waals surface area contributed by atoms with Gasteiger partial charge in [-0.15, -0.1) is 0 Å². The van der Waals surface area contributed by atoms with Gasteiger partial charge in [-0.2, -0.15) is 0 Å². The lowest BCUT2D eigenvalue weighted by Gasteiger charge is -2.47. The van der Waals surface area contributed by atoms with Gasteiger partial charge in [-0.25, -0.2) is 0 Å². The maximum absolute atomic E-state index is 5.69. The second kappa shape index (κ2) is 7.81. The minimum Gasteiger partial charge on any atom is -0.493 e. The molecule has 0 N–H and O–H groups in total. The quantitative estimate of drug-likeness (QED) is 0.559.